The highest BCUT2D eigenvalue weighted by molar-refractivity contribution is 6.30. The van der Waals surface area contributed by atoms with Gasteiger partial charge < -0.3 is 9.84 Å². The summed E-state index contributed by atoms with van der Waals surface area (Å²) in [5.41, 5.74) is 4.27. The molecule has 0 spiro atoms. The van der Waals surface area contributed by atoms with Crippen LogP contribution in [0.3, 0.4) is 0 Å². The quantitative estimate of drug-likeness (QED) is 0.892. The van der Waals surface area contributed by atoms with Crippen molar-refractivity contribution in [3.05, 3.63) is 63.7 Å². The minimum Gasteiger partial charge on any atom is -0.489 e. The van der Waals surface area contributed by atoms with E-state index in [-0.39, 0.29) is 0 Å². The second-order valence-corrected chi connectivity index (χ2v) is 5.51. The molecule has 0 heterocycles. The molecule has 0 unspecified atom stereocenters. The second-order valence-electron chi connectivity index (χ2n) is 5.08. The van der Waals surface area contributed by atoms with Gasteiger partial charge in [0.2, 0.25) is 0 Å². The van der Waals surface area contributed by atoms with Crippen LogP contribution in [-0.2, 0) is 6.61 Å². The van der Waals surface area contributed by atoms with E-state index in [9.17, 15) is 5.11 Å². The van der Waals surface area contributed by atoms with E-state index >= 15 is 0 Å². The van der Waals surface area contributed by atoms with Crippen LogP contribution in [-0.4, -0.2) is 5.11 Å². The normalized spacial score (nSPS) is 12.2. The Labute approximate surface area is 125 Å². The Bertz CT molecular complexity index is 606. The van der Waals surface area contributed by atoms with E-state index in [2.05, 4.69) is 32.0 Å². The van der Waals surface area contributed by atoms with E-state index < -0.39 is 6.10 Å². The molecule has 1 N–H and O–H groups in total. The molecule has 0 amide bonds. The minimum absolute atomic E-state index is 0.481. The summed E-state index contributed by atoms with van der Waals surface area (Å²) in [6.07, 6.45) is -0.609. The molecule has 0 aliphatic carbocycles. The third-order valence-electron chi connectivity index (χ3n) is 3.31. The first-order valence-corrected chi connectivity index (χ1v) is 7.01. The molecule has 0 aromatic heterocycles. The van der Waals surface area contributed by atoms with Gasteiger partial charge in [-0.2, -0.15) is 0 Å². The largest absolute Gasteiger partial charge is 0.489 e. The van der Waals surface area contributed by atoms with Crippen LogP contribution in [0.1, 0.15) is 35.3 Å². The van der Waals surface area contributed by atoms with Gasteiger partial charge in [-0.15, -0.1) is 0 Å². The summed E-state index contributed by atoms with van der Waals surface area (Å²) in [5, 5.41) is 10.4. The van der Waals surface area contributed by atoms with Crippen LogP contribution in [0.4, 0.5) is 0 Å². The zero-order chi connectivity index (χ0) is 14.7. The molecule has 106 valence electrons. The smallest absolute Gasteiger partial charge is 0.125 e. The Morgan fingerprint density at radius 1 is 1.15 bits per heavy atom. The molecule has 2 aromatic carbocycles. The van der Waals surface area contributed by atoms with E-state index in [1.165, 1.54) is 11.1 Å². The molecular weight excluding hydrogens is 272 g/mol. The van der Waals surface area contributed by atoms with Gasteiger partial charge in [-0.05, 0) is 50.1 Å². The summed E-state index contributed by atoms with van der Waals surface area (Å²) in [7, 11) is 0. The maximum atomic E-state index is 9.79. The summed E-state index contributed by atoms with van der Waals surface area (Å²) in [5.74, 6) is 0.672. The fraction of sp³-hybridized carbons (Fsp3) is 0.294. The molecule has 0 radical (unpaired) electrons. The van der Waals surface area contributed by atoms with Crippen molar-refractivity contribution in [3.63, 3.8) is 0 Å². The molecule has 0 aliphatic heterocycles. The molecule has 0 fully saturated rings. The number of aryl methyl sites for hydroxylation is 2. The van der Waals surface area contributed by atoms with Crippen LogP contribution in [0, 0.1) is 13.8 Å². The molecule has 3 heteroatoms. The van der Waals surface area contributed by atoms with Gasteiger partial charge in [-0.25, -0.2) is 0 Å². The Balaban J connectivity index is 2.20. The Morgan fingerprint density at radius 2 is 1.90 bits per heavy atom. The second kappa shape index (κ2) is 6.29. The predicted molar refractivity (Wildman–Crippen MR) is 82.3 cm³/mol. The van der Waals surface area contributed by atoms with Crippen molar-refractivity contribution in [2.24, 2.45) is 0 Å². The van der Waals surface area contributed by atoms with Gasteiger partial charge in [-0.3, -0.25) is 0 Å². The highest BCUT2D eigenvalue weighted by Gasteiger charge is 2.10. The third kappa shape index (κ3) is 3.53. The van der Waals surface area contributed by atoms with E-state index in [1.54, 1.807) is 25.1 Å². The number of hydrogen-bond acceptors (Lipinski definition) is 2. The van der Waals surface area contributed by atoms with Crippen LogP contribution in [0.15, 0.2) is 36.4 Å². The van der Waals surface area contributed by atoms with Crippen LogP contribution >= 0.6 is 11.6 Å². The van der Waals surface area contributed by atoms with Crippen molar-refractivity contribution in [3.8, 4) is 5.75 Å². The predicted octanol–water partition coefficient (Wildman–Crippen LogP) is 4.59. The van der Waals surface area contributed by atoms with Gasteiger partial charge in [0.15, 0.2) is 0 Å². The van der Waals surface area contributed by atoms with Crippen molar-refractivity contribution < 1.29 is 9.84 Å². The monoisotopic (exact) mass is 290 g/mol. The zero-order valence-corrected chi connectivity index (χ0v) is 12.7. The van der Waals surface area contributed by atoms with E-state index in [4.69, 9.17) is 16.3 Å². The number of aliphatic hydroxyl groups excluding tert-OH is 1. The lowest BCUT2D eigenvalue weighted by Crippen LogP contribution is -2.02. The minimum atomic E-state index is -0.609. The number of hydrogen-bond donors (Lipinski definition) is 1. The maximum Gasteiger partial charge on any atom is 0.125 e. The molecule has 0 saturated carbocycles. The summed E-state index contributed by atoms with van der Waals surface area (Å²) < 4.78 is 5.86. The van der Waals surface area contributed by atoms with Crippen LogP contribution < -0.4 is 4.74 Å². The topological polar surface area (TPSA) is 29.5 Å². The summed E-state index contributed by atoms with van der Waals surface area (Å²) in [4.78, 5) is 0. The molecular formula is C17H19ClO2. The van der Waals surface area contributed by atoms with E-state index in [0.29, 0.717) is 22.9 Å². The lowest BCUT2D eigenvalue weighted by molar-refractivity contribution is 0.190. The zero-order valence-electron chi connectivity index (χ0n) is 12.0. The first kappa shape index (κ1) is 14.9. The van der Waals surface area contributed by atoms with Crippen molar-refractivity contribution in [2.75, 3.05) is 0 Å². The molecule has 2 nitrogen and oxygen atoms in total. The van der Waals surface area contributed by atoms with Crippen molar-refractivity contribution in [1.82, 2.24) is 0 Å². The highest BCUT2D eigenvalue weighted by Crippen LogP contribution is 2.29. The lowest BCUT2D eigenvalue weighted by Gasteiger charge is -2.15. The van der Waals surface area contributed by atoms with E-state index in [0.717, 1.165) is 5.56 Å². The van der Waals surface area contributed by atoms with E-state index in [1.807, 2.05) is 0 Å². The Kier molecular flexibility index (Phi) is 4.69. The molecule has 0 aliphatic rings. The lowest BCUT2D eigenvalue weighted by atomic mass is 10.1. The Hall–Kier alpha value is -1.51. The SMILES string of the molecule is Cc1ccc(C)c(COc2ccc(Cl)cc2[C@@H](C)O)c1. The Morgan fingerprint density at radius 3 is 2.60 bits per heavy atom. The highest BCUT2D eigenvalue weighted by atomic mass is 35.5. The molecule has 0 bridgehead atoms. The molecule has 1 atom stereocenters. The van der Waals surface area contributed by atoms with Crippen LogP contribution in [0.25, 0.3) is 0 Å². The number of benzene rings is 2. The standard InChI is InChI=1S/C17H19ClO2/c1-11-4-5-12(2)14(8-11)10-20-17-7-6-15(18)9-16(17)13(3)19/h4-9,13,19H,10H2,1-3H3/t13-/m1/s1. The summed E-state index contributed by atoms with van der Waals surface area (Å²) in [6.45, 7) is 6.31. The van der Waals surface area contributed by atoms with Gasteiger partial charge in [0, 0.05) is 10.6 Å². The third-order valence-corrected chi connectivity index (χ3v) is 3.54. The summed E-state index contributed by atoms with van der Waals surface area (Å²) in [6, 6.07) is 11.6. The number of ether oxygens (including phenoxy) is 1. The van der Waals surface area contributed by atoms with Gasteiger partial charge in [-0.1, -0.05) is 35.4 Å². The molecule has 2 rings (SSSR count). The first-order chi connectivity index (χ1) is 9.47. The molecule has 20 heavy (non-hydrogen) atoms. The average Bonchev–Trinajstić information content (AvgIpc) is 2.40. The van der Waals surface area contributed by atoms with Crippen LogP contribution in [0.5, 0.6) is 5.75 Å². The van der Waals surface area contributed by atoms with Gasteiger partial charge in [0.05, 0.1) is 6.10 Å². The first-order valence-electron chi connectivity index (χ1n) is 6.64. The molecule has 0 saturated heterocycles. The van der Waals surface area contributed by atoms with Gasteiger partial charge in [0.1, 0.15) is 12.4 Å². The van der Waals surface area contributed by atoms with Crippen molar-refractivity contribution in [2.45, 2.75) is 33.5 Å². The van der Waals surface area contributed by atoms with Crippen molar-refractivity contribution >= 4 is 11.6 Å². The number of halogens is 1. The van der Waals surface area contributed by atoms with Crippen molar-refractivity contribution in [1.29, 1.82) is 0 Å². The maximum absolute atomic E-state index is 9.79. The average molecular weight is 291 g/mol. The van der Waals surface area contributed by atoms with Gasteiger partial charge >= 0.3 is 0 Å². The van der Waals surface area contributed by atoms with Crippen LogP contribution in [0.2, 0.25) is 5.02 Å². The van der Waals surface area contributed by atoms with Gasteiger partial charge in [0.25, 0.3) is 0 Å². The summed E-state index contributed by atoms with van der Waals surface area (Å²) >= 11 is 5.96. The fourth-order valence-electron chi connectivity index (χ4n) is 2.09. The fourth-order valence-corrected chi connectivity index (χ4v) is 2.27. The number of rotatable bonds is 4. The number of aliphatic hydroxyl groups is 1. The molecule has 2 aromatic rings.